The van der Waals surface area contributed by atoms with Crippen LogP contribution in [0.3, 0.4) is 0 Å². The Hall–Kier alpha value is -1.26. The van der Waals surface area contributed by atoms with Gasteiger partial charge in [-0.05, 0) is 11.6 Å². The maximum Gasteiger partial charge on any atom is 0.313 e. The molecule has 0 heterocycles. The van der Waals surface area contributed by atoms with Crippen molar-refractivity contribution in [3.8, 4) is 0 Å². The third-order valence-electron chi connectivity index (χ3n) is 1.34. The van der Waals surface area contributed by atoms with E-state index in [1.165, 1.54) is 0 Å². The van der Waals surface area contributed by atoms with Gasteiger partial charge in [-0.1, -0.05) is 0 Å². The number of ketones is 1. The molecule has 0 radical (unpaired) electrons. The number of allylic oxidation sites excluding steroid dienone is 1. The molecule has 0 amide bonds. The molecule has 0 atom stereocenters. The fourth-order valence-electron chi connectivity index (χ4n) is 0.772. The van der Waals surface area contributed by atoms with Crippen LogP contribution in [0.25, 0.3) is 0 Å². The van der Waals surface area contributed by atoms with Gasteiger partial charge in [-0.25, -0.2) is 0 Å². The standard InChI is InChI=1S/C6H4F2O3/c7-6(8)2-3(5(10)11)1-4(6)9/h1H,2H2,(H,10,11)/p-1. The van der Waals surface area contributed by atoms with E-state index in [2.05, 4.69) is 0 Å². The summed E-state index contributed by atoms with van der Waals surface area (Å²) in [4.78, 5) is 20.3. The number of carbonyl (C=O) groups is 2. The third-order valence-corrected chi connectivity index (χ3v) is 1.34. The first-order valence-electron chi connectivity index (χ1n) is 2.77. The summed E-state index contributed by atoms with van der Waals surface area (Å²) in [5.41, 5.74) is -0.639. The second-order valence-corrected chi connectivity index (χ2v) is 2.20. The highest BCUT2D eigenvalue weighted by molar-refractivity contribution is 6.06. The first kappa shape index (κ1) is 7.84. The second-order valence-electron chi connectivity index (χ2n) is 2.20. The van der Waals surface area contributed by atoms with E-state index >= 15 is 0 Å². The minimum absolute atomic E-state index is 0.412. The van der Waals surface area contributed by atoms with Crippen LogP contribution >= 0.6 is 0 Å². The van der Waals surface area contributed by atoms with Gasteiger partial charge >= 0.3 is 5.92 Å². The van der Waals surface area contributed by atoms with Gasteiger partial charge in [0.05, 0.1) is 5.97 Å². The number of carbonyl (C=O) groups excluding carboxylic acids is 2. The molecule has 0 fully saturated rings. The molecule has 0 aromatic carbocycles. The summed E-state index contributed by atoms with van der Waals surface area (Å²) in [6, 6.07) is 0. The molecule has 0 N–H and O–H groups in total. The maximum absolute atomic E-state index is 12.3. The van der Waals surface area contributed by atoms with Gasteiger partial charge in [0.15, 0.2) is 0 Å². The first-order chi connectivity index (χ1) is 4.93. The van der Waals surface area contributed by atoms with E-state index in [0.29, 0.717) is 6.08 Å². The summed E-state index contributed by atoms with van der Waals surface area (Å²) in [6.45, 7) is 0. The Balaban J connectivity index is 2.88. The lowest BCUT2D eigenvalue weighted by molar-refractivity contribution is -0.299. The Morgan fingerprint density at radius 1 is 1.64 bits per heavy atom. The average Bonchev–Trinajstić information content (AvgIpc) is 2.08. The third kappa shape index (κ3) is 1.26. The van der Waals surface area contributed by atoms with E-state index in [9.17, 15) is 23.5 Å². The van der Waals surface area contributed by atoms with Gasteiger partial charge in [0.25, 0.3) is 0 Å². The number of hydrogen-bond donors (Lipinski definition) is 0. The molecule has 0 bridgehead atoms. The van der Waals surface area contributed by atoms with Crippen molar-refractivity contribution in [2.75, 3.05) is 0 Å². The molecule has 0 saturated carbocycles. The number of carboxylic acids is 1. The van der Waals surface area contributed by atoms with Gasteiger partial charge in [0, 0.05) is 6.42 Å². The molecule has 5 heteroatoms. The zero-order chi connectivity index (χ0) is 8.65. The molecule has 11 heavy (non-hydrogen) atoms. The van der Waals surface area contributed by atoms with E-state index in [1.54, 1.807) is 0 Å². The molecular formula is C6H3F2O3-. The van der Waals surface area contributed by atoms with Crippen molar-refractivity contribution in [2.24, 2.45) is 0 Å². The fraction of sp³-hybridized carbons (Fsp3) is 0.333. The van der Waals surface area contributed by atoms with Gasteiger partial charge in [0.2, 0.25) is 5.78 Å². The Kier molecular flexibility index (Phi) is 1.51. The van der Waals surface area contributed by atoms with Crippen molar-refractivity contribution in [3.05, 3.63) is 11.6 Å². The molecule has 1 aliphatic rings. The predicted molar refractivity (Wildman–Crippen MR) is 27.7 cm³/mol. The molecule has 0 aromatic rings. The monoisotopic (exact) mass is 161 g/mol. The average molecular weight is 161 g/mol. The largest absolute Gasteiger partial charge is 0.545 e. The lowest BCUT2D eigenvalue weighted by Crippen LogP contribution is -2.26. The van der Waals surface area contributed by atoms with Crippen LogP contribution in [-0.2, 0) is 9.59 Å². The Morgan fingerprint density at radius 3 is 2.36 bits per heavy atom. The highest BCUT2D eigenvalue weighted by atomic mass is 19.3. The fourth-order valence-corrected chi connectivity index (χ4v) is 0.772. The minimum atomic E-state index is -3.55. The summed E-state index contributed by atoms with van der Waals surface area (Å²) < 4.78 is 24.5. The zero-order valence-corrected chi connectivity index (χ0v) is 5.27. The van der Waals surface area contributed by atoms with Crippen LogP contribution in [-0.4, -0.2) is 17.7 Å². The molecule has 1 rings (SSSR count). The van der Waals surface area contributed by atoms with E-state index in [4.69, 9.17) is 0 Å². The summed E-state index contributed by atoms with van der Waals surface area (Å²) in [6.07, 6.45) is -0.635. The van der Waals surface area contributed by atoms with Crippen LogP contribution in [0, 0.1) is 0 Å². The van der Waals surface area contributed by atoms with Gasteiger partial charge in [-0.3, -0.25) is 4.79 Å². The van der Waals surface area contributed by atoms with E-state index < -0.39 is 29.7 Å². The van der Waals surface area contributed by atoms with Crippen molar-refractivity contribution in [2.45, 2.75) is 12.3 Å². The van der Waals surface area contributed by atoms with Crippen molar-refractivity contribution in [3.63, 3.8) is 0 Å². The molecule has 3 nitrogen and oxygen atoms in total. The van der Waals surface area contributed by atoms with Crippen LogP contribution < -0.4 is 5.11 Å². The van der Waals surface area contributed by atoms with Crippen molar-refractivity contribution in [1.29, 1.82) is 0 Å². The van der Waals surface area contributed by atoms with Crippen molar-refractivity contribution in [1.82, 2.24) is 0 Å². The second kappa shape index (κ2) is 2.11. The van der Waals surface area contributed by atoms with Crippen LogP contribution in [0.1, 0.15) is 6.42 Å². The smallest absolute Gasteiger partial charge is 0.313 e. The summed E-state index contributed by atoms with van der Waals surface area (Å²) in [7, 11) is 0. The SMILES string of the molecule is O=C([O-])C1=CC(=O)C(F)(F)C1. The number of carboxylic acid groups (broad SMARTS) is 1. The van der Waals surface area contributed by atoms with E-state index in [0.717, 1.165) is 0 Å². The predicted octanol–water partition coefficient (Wildman–Crippen LogP) is -0.729. The van der Waals surface area contributed by atoms with Crippen LogP contribution in [0.4, 0.5) is 8.78 Å². The summed E-state index contributed by atoms with van der Waals surface area (Å²) in [5, 5.41) is 9.97. The molecule has 0 unspecified atom stereocenters. The molecule has 0 aliphatic heterocycles. The summed E-state index contributed by atoms with van der Waals surface area (Å²) in [5.74, 6) is -6.72. The molecule has 0 aromatic heterocycles. The zero-order valence-electron chi connectivity index (χ0n) is 5.27. The van der Waals surface area contributed by atoms with Gasteiger partial charge < -0.3 is 9.90 Å². The van der Waals surface area contributed by atoms with Crippen molar-refractivity contribution < 1.29 is 23.5 Å². The lowest BCUT2D eigenvalue weighted by Gasteiger charge is -2.06. The van der Waals surface area contributed by atoms with Gasteiger partial charge in [-0.2, -0.15) is 8.78 Å². The van der Waals surface area contributed by atoms with Crippen LogP contribution in [0.15, 0.2) is 11.6 Å². The minimum Gasteiger partial charge on any atom is -0.545 e. The number of aliphatic carboxylic acids is 1. The number of halogens is 2. The molecule has 0 spiro atoms. The number of hydrogen-bond acceptors (Lipinski definition) is 3. The molecule has 0 saturated heterocycles. The van der Waals surface area contributed by atoms with Crippen molar-refractivity contribution >= 4 is 11.8 Å². The Morgan fingerprint density at radius 2 is 2.18 bits per heavy atom. The number of rotatable bonds is 1. The number of alkyl halides is 2. The normalized spacial score (nSPS) is 21.6. The first-order valence-corrected chi connectivity index (χ1v) is 2.77. The van der Waals surface area contributed by atoms with Gasteiger partial charge in [0.1, 0.15) is 0 Å². The highest BCUT2D eigenvalue weighted by Crippen LogP contribution is 2.30. The topological polar surface area (TPSA) is 57.2 Å². The van der Waals surface area contributed by atoms with E-state index in [1.807, 2.05) is 0 Å². The Labute approximate surface area is 60.3 Å². The van der Waals surface area contributed by atoms with Gasteiger partial charge in [-0.15, -0.1) is 0 Å². The summed E-state index contributed by atoms with van der Waals surface area (Å²) >= 11 is 0. The molecule has 60 valence electrons. The van der Waals surface area contributed by atoms with Crippen LogP contribution in [0.5, 0.6) is 0 Å². The maximum atomic E-state index is 12.3. The Bertz CT molecular complexity index is 255. The van der Waals surface area contributed by atoms with Crippen LogP contribution in [0.2, 0.25) is 0 Å². The highest BCUT2D eigenvalue weighted by Gasteiger charge is 2.43. The molecular weight excluding hydrogens is 158 g/mol. The molecule has 1 aliphatic carbocycles. The van der Waals surface area contributed by atoms with E-state index in [-0.39, 0.29) is 0 Å². The quantitative estimate of drug-likeness (QED) is 0.509. The lowest BCUT2D eigenvalue weighted by atomic mass is 10.2.